The number of ether oxygens (including phenoxy) is 3. The summed E-state index contributed by atoms with van der Waals surface area (Å²) in [5.41, 5.74) is 0.464. The maximum Gasteiger partial charge on any atom is 0.410 e. The quantitative estimate of drug-likeness (QED) is 0.769. The predicted octanol–water partition coefficient (Wildman–Crippen LogP) is 3.33. The molecular formula is C20H30N2O5. The summed E-state index contributed by atoms with van der Waals surface area (Å²) < 4.78 is 16.3. The number of hydrogen-bond donors (Lipinski definition) is 1. The second-order valence-corrected chi connectivity index (χ2v) is 7.53. The number of alkyl carbamates (subject to hydrolysis) is 1. The third kappa shape index (κ3) is 8.30. The SMILES string of the molecule is CC(C)(C)OC(=O)N1CCC(OCCNC(=O)OCc2ccccc2)CC1. The van der Waals surface area contributed by atoms with Gasteiger partial charge in [0.05, 0.1) is 12.7 Å². The molecule has 1 heterocycles. The molecule has 7 nitrogen and oxygen atoms in total. The van der Waals surface area contributed by atoms with Crippen molar-refractivity contribution in [3.05, 3.63) is 35.9 Å². The van der Waals surface area contributed by atoms with E-state index in [1.807, 2.05) is 51.1 Å². The third-order valence-electron chi connectivity index (χ3n) is 4.03. The number of amides is 2. The van der Waals surface area contributed by atoms with Crippen LogP contribution < -0.4 is 5.32 Å². The molecule has 1 aliphatic rings. The number of nitrogens with one attached hydrogen (secondary N) is 1. The van der Waals surface area contributed by atoms with E-state index in [9.17, 15) is 9.59 Å². The average Bonchev–Trinajstić information content (AvgIpc) is 2.63. The molecule has 1 saturated heterocycles. The van der Waals surface area contributed by atoms with Crippen LogP contribution in [0.3, 0.4) is 0 Å². The summed E-state index contributed by atoms with van der Waals surface area (Å²) >= 11 is 0. The Morgan fingerprint density at radius 1 is 1.15 bits per heavy atom. The maximum absolute atomic E-state index is 12.0. The molecule has 0 saturated carbocycles. The summed E-state index contributed by atoms with van der Waals surface area (Å²) in [6, 6.07) is 9.52. The highest BCUT2D eigenvalue weighted by Gasteiger charge is 2.27. The number of nitrogens with zero attached hydrogens (tertiary/aromatic N) is 1. The lowest BCUT2D eigenvalue weighted by molar-refractivity contribution is -0.0105. The molecule has 0 aromatic heterocycles. The summed E-state index contributed by atoms with van der Waals surface area (Å²) in [6.45, 7) is 7.86. The predicted molar refractivity (Wildman–Crippen MR) is 101 cm³/mol. The minimum absolute atomic E-state index is 0.0887. The van der Waals surface area contributed by atoms with Crippen molar-refractivity contribution in [2.45, 2.75) is 51.9 Å². The van der Waals surface area contributed by atoms with E-state index in [0.717, 1.165) is 18.4 Å². The fourth-order valence-electron chi connectivity index (χ4n) is 2.68. The Morgan fingerprint density at radius 3 is 2.44 bits per heavy atom. The van der Waals surface area contributed by atoms with Crippen LogP contribution in [-0.4, -0.2) is 55.0 Å². The molecule has 1 aromatic carbocycles. The zero-order chi connectivity index (χ0) is 19.7. The summed E-state index contributed by atoms with van der Waals surface area (Å²) in [7, 11) is 0. The zero-order valence-electron chi connectivity index (χ0n) is 16.4. The second-order valence-electron chi connectivity index (χ2n) is 7.53. The molecule has 2 rings (SSSR count). The van der Waals surface area contributed by atoms with E-state index in [4.69, 9.17) is 14.2 Å². The van der Waals surface area contributed by atoms with Gasteiger partial charge in [-0.25, -0.2) is 9.59 Å². The average molecular weight is 378 g/mol. The van der Waals surface area contributed by atoms with Gasteiger partial charge >= 0.3 is 12.2 Å². The molecule has 150 valence electrons. The standard InChI is InChI=1S/C20H30N2O5/c1-20(2,3)27-19(24)22-12-9-17(10-13-22)25-14-11-21-18(23)26-15-16-7-5-4-6-8-16/h4-8,17H,9-15H2,1-3H3,(H,21,23). The van der Waals surface area contributed by atoms with Gasteiger partial charge in [0, 0.05) is 19.6 Å². The topological polar surface area (TPSA) is 77.1 Å². The van der Waals surface area contributed by atoms with Crippen LogP contribution in [0, 0.1) is 0 Å². The van der Waals surface area contributed by atoms with Crippen LogP contribution in [-0.2, 0) is 20.8 Å². The molecule has 0 aliphatic carbocycles. The lowest BCUT2D eigenvalue weighted by Crippen LogP contribution is -2.43. The van der Waals surface area contributed by atoms with Crippen molar-refractivity contribution in [1.29, 1.82) is 0 Å². The van der Waals surface area contributed by atoms with Gasteiger partial charge in [-0.15, -0.1) is 0 Å². The summed E-state index contributed by atoms with van der Waals surface area (Å²) in [5.74, 6) is 0. The summed E-state index contributed by atoms with van der Waals surface area (Å²) in [4.78, 5) is 25.4. The first-order valence-corrected chi connectivity index (χ1v) is 9.37. The fourth-order valence-corrected chi connectivity index (χ4v) is 2.68. The van der Waals surface area contributed by atoms with E-state index in [0.29, 0.717) is 26.2 Å². The number of rotatable bonds is 6. The van der Waals surface area contributed by atoms with Gasteiger partial charge in [0.1, 0.15) is 12.2 Å². The van der Waals surface area contributed by atoms with Crippen molar-refractivity contribution in [2.24, 2.45) is 0 Å². The minimum atomic E-state index is -0.481. The van der Waals surface area contributed by atoms with Crippen LogP contribution in [0.25, 0.3) is 0 Å². The number of carbonyl (C=O) groups is 2. The van der Waals surface area contributed by atoms with Gasteiger partial charge in [0.2, 0.25) is 0 Å². The van der Waals surface area contributed by atoms with Crippen LogP contribution in [0.5, 0.6) is 0 Å². The molecule has 0 atom stereocenters. The second kappa shape index (κ2) is 10.2. The van der Waals surface area contributed by atoms with Gasteiger partial charge in [-0.3, -0.25) is 0 Å². The lowest BCUT2D eigenvalue weighted by Gasteiger charge is -2.33. The third-order valence-corrected chi connectivity index (χ3v) is 4.03. The van der Waals surface area contributed by atoms with Crippen molar-refractivity contribution >= 4 is 12.2 Å². The molecule has 0 spiro atoms. The lowest BCUT2D eigenvalue weighted by atomic mass is 10.1. The van der Waals surface area contributed by atoms with E-state index in [-0.39, 0.29) is 18.8 Å². The minimum Gasteiger partial charge on any atom is -0.445 e. The Morgan fingerprint density at radius 2 is 1.81 bits per heavy atom. The molecule has 1 aliphatic heterocycles. The summed E-state index contributed by atoms with van der Waals surface area (Å²) in [5, 5.41) is 2.67. The molecule has 0 unspecified atom stereocenters. The van der Waals surface area contributed by atoms with Crippen LogP contribution in [0.4, 0.5) is 9.59 Å². The van der Waals surface area contributed by atoms with E-state index >= 15 is 0 Å². The fraction of sp³-hybridized carbons (Fsp3) is 0.600. The van der Waals surface area contributed by atoms with Crippen LogP contribution in [0.2, 0.25) is 0 Å². The van der Waals surface area contributed by atoms with Crippen LogP contribution in [0.1, 0.15) is 39.2 Å². The van der Waals surface area contributed by atoms with Gasteiger partial charge < -0.3 is 24.4 Å². The number of hydrogen-bond acceptors (Lipinski definition) is 5. The first kappa shape index (κ1) is 21.0. The zero-order valence-corrected chi connectivity index (χ0v) is 16.4. The highest BCUT2D eigenvalue weighted by Crippen LogP contribution is 2.17. The number of carbonyl (C=O) groups excluding carboxylic acids is 2. The van der Waals surface area contributed by atoms with Gasteiger partial charge in [-0.2, -0.15) is 0 Å². The Hall–Kier alpha value is -2.28. The van der Waals surface area contributed by atoms with Gasteiger partial charge in [-0.1, -0.05) is 30.3 Å². The number of piperidine rings is 1. The first-order chi connectivity index (χ1) is 12.8. The Labute approximate surface area is 161 Å². The van der Waals surface area contributed by atoms with Gasteiger partial charge in [0.15, 0.2) is 0 Å². The Balaban J connectivity index is 1.54. The smallest absolute Gasteiger partial charge is 0.410 e. The van der Waals surface area contributed by atoms with E-state index < -0.39 is 11.7 Å². The molecule has 27 heavy (non-hydrogen) atoms. The highest BCUT2D eigenvalue weighted by atomic mass is 16.6. The molecule has 7 heteroatoms. The van der Waals surface area contributed by atoms with Crippen LogP contribution >= 0.6 is 0 Å². The highest BCUT2D eigenvalue weighted by molar-refractivity contribution is 5.68. The van der Waals surface area contributed by atoms with Gasteiger partial charge in [-0.05, 0) is 39.2 Å². The maximum atomic E-state index is 12.0. The molecular weight excluding hydrogens is 348 g/mol. The molecule has 1 fully saturated rings. The normalized spacial score (nSPS) is 15.3. The Kier molecular flexibility index (Phi) is 7.91. The largest absolute Gasteiger partial charge is 0.445 e. The molecule has 1 aromatic rings. The van der Waals surface area contributed by atoms with E-state index in [2.05, 4.69) is 5.32 Å². The number of benzene rings is 1. The molecule has 0 radical (unpaired) electrons. The molecule has 1 N–H and O–H groups in total. The van der Waals surface area contributed by atoms with Gasteiger partial charge in [0.25, 0.3) is 0 Å². The first-order valence-electron chi connectivity index (χ1n) is 9.37. The van der Waals surface area contributed by atoms with E-state index in [1.165, 1.54) is 0 Å². The van der Waals surface area contributed by atoms with Crippen molar-refractivity contribution in [3.8, 4) is 0 Å². The molecule has 2 amide bonds. The monoisotopic (exact) mass is 378 g/mol. The molecule has 0 bridgehead atoms. The van der Waals surface area contributed by atoms with Crippen molar-refractivity contribution in [2.75, 3.05) is 26.2 Å². The number of likely N-dealkylation sites (tertiary alicyclic amines) is 1. The van der Waals surface area contributed by atoms with Crippen molar-refractivity contribution < 1.29 is 23.8 Å². The van der Waals surface area contributed by atoms with Crippen molar-refractivity contribution in [1.82, 2.24) is 10.2 Å². The summed E-state index contributed by atoms with van der Waals surface area (Å²) in [6.07, 6.45) is 0.881. The Bertz CT molecular complexity index is 592. The van der Waals surface area contributed by atoms with Crippen molar-refractivity contribution in [3.63, 3.8) is 0 Å². The van der Waals surface area contributed by atoms with Crippen LogP contribution in [0.15, 0.2) is 30.3 Å². The van der Waals surface area contributed by atoms with E-state index in [1.54, 1.807) is 4.90 Å².